The number of methoxy groups -OCH3 is 1. The van der Waals surface area contributed by atoms with E-state index < -0.39 is 23.9 Å². The number of rotatable bonds is 12. The van der Waals surface area contributed by atoms with Crippen LogP contribution in [0.1, 0.15) is 18.9 Å². The monoisotopic (exact) mass is 406 g/mol. The van der Waals surface area contributed by atoms with Gasteiger partial charge >= 0.3 is 0 Å². The van der Waals surface area contributed by atoms with Gasteiger partial charge in [0.25, 0.3) is 0 Å². The Hall–Kier alpha value is -2.16. The van der Waals surface area contributed by atoms with E-state index in [0.717, 1.165) is 5.56 Å². The van der Waals surface area contributed by atoms with Gasteiger partial charge in [-0.2, -0.15) is 0 Å². The third-order valence-electron chi connectivity index (χ3n) is 4.55. The van der Waals surface area contributed by atoms with Gasteiger partial charge in [-0.05, 0) is 36.8 Å². The van der Waals surface area contributed by atoms with Crippen LogP contribution in [-0.2, 0) is 11.3 Å². The molecular weight excluding hydrogens is 376 g/mol. The van der Waals surface area contributed by atoms with Gasteiger partial charge in [-0.15, -0.1) is 0 Å². The molecule has 0 radical (unpaired) electrons. The fraction of sp³-hybridized carbons (Fsp3) is 0.455. The minimum absolute atomic E-state index is 0.0736. The summed E-state index contributed by atoms with van der Waals surface area (Å²) in [6, 6.07) is 16.3. The molecule has 2 rings (SSSR count). The number of ether oxygens (including phenoxy) is 3. The van der Waals surface area contributed by atoms with Gasteiger partial charge in [0.05, 0.1) is 32.0 Å². The smallest absolute Gasteiger partial charge is 0.119 e. The van der Waals surface area contributed by atoms with E-state index in [0.29, 0.717) is 11.5 Å². The summed E-state index contributed by atoms with van der Waals surface area (Å²) in [5.41, 5.74) is -0.787. The van der Waals surface area contributed by atoms with E-state index in [4.69, 9.17) is 14.2 Å². The van der Waals surface area contributed by atoms with Crippen LogP contribution in [0.3, 0.4) is 0 Å². The van der Waals surface area contributed by atoms with Crippen LogP contribution in [0.15, 0.2) is 54.6 Å². The van der Waals surface area contributed by atoms with Crippen molar-refractivity contribution in [3.8, 4) is 11.5 Å². The van der Waals surface area contributed by atoms with Gasteiger partial charge in [0.15, 0.2) is 0 Å². The molecule has 0 aromatic heterocycles. The van der Waals surface area contributed by atoms with Crippen molar-refractivity contribution in [3.63, 3.8) is 0 Å². The normalized spacial score (nSPS) is 16.5. The summed E-state index contributed by atoms with van der Waals surface area (Å²) < 4.78 is 16.0. The first-order chi connectivity index (χ1) is 13.8. The Kier molecular flexibility index (Phi) is 8.88. The van der Waals surface area contributed by atoms with Crippen molar-refractivity contribution in [1.29, 1.82) is 0 Å². The first-order valence-corrected chi connectivity index (χ1v) is 9.47. The lowest BCUT2D eigenvalue weighted by Crippen LogP contribution is -2.50. The SMILES string of the molecule is COc1ccc(OC[C@@H](O)C[C@@](C)(O)[C@@H](O)[C@@H](O)COCc2ccccc2)cc1. The topological polar surface area (TPSA) is 109 Å². The fourth-order valence-electron chi connectivity index (χ4n) is 2.90. The number of hydrogen-bond donors (Lipinski definition) is 4. The van der Waals surface area contributed by atoms with Crippen LogP contribution in [0, 0.1) is 0 Å². The molecule has 0 amide bonds. The lowest BCUT2D eigenvalue weighted by Gasteiger charge is -2.33. The highest BCUT2D eigenvalue weighted by Gasteiger charge is 2.37. The maximum atomic E-state index is 10.5. The van der Waals surface area contributed by atoms with E-state index in [1.165, 1.54) is 6.92 Å². The molecule has 7 nitrogen and oxygen atoms in total. The second-order valence-electron chi connectivity index (χ2n) is 7.21. The van der Waals surface area contributed by atoms with Gasteiger partial charge in [-0.3, -0.25) is 0 Å². The van der Waals surface area contributed by atoms with Crippen molar-refractivity contribution in [2.45, 2.75) is 43.9 Å². The molecular formula is C22H30O7. The van der Waals surface area contributed by atoms with Crippen molar-refractivity contribution in [2.24, 2.45) is 0 Å². The molecule has 0 aliphatic rings. The van der Waals surface area contributed by atoms with E-state index in [2.05, 4.69) is 0 Å². The summed E-state index contributed by atoms with van der Waals surface area (Å²) in [5, 5.41) is 41.1. The van der Waals surface area contributed by atoms with Crippen molar-refractivity contribution >= 4 is 0 Å². The molecule has 160 valence electrons. The summed E-state index contributed by atoms with van der Waals surface area (Å²) >= 11 is 0. The maximum absolute atomic E-state index is 10.5. The van der Waals surface area contributed by atoms with Crippen LogP contribution < -0.4 is 9.47 Å². The van der Waals surface area contributed by atoms with E-state index in [9.17, 15) is 20.4 Å². The van der Waals surface area contributed by atoms with Crippen LogP contribution >= 0.6 is 0 Å². The van der Waals surface area contributed by atoms with Crippen LogP contribution in [0.25, 0.3) is 0 Å². The van der Waals surface area contributed by atoms with E-state index in [1.807, 2.05) is 30.3 Å². The first kappa shape index (κ1) is 23.1. The van der Waals surface area contributed by atoms with E-state index in [1.54, 1.807) is 31.4 Å². The summed E-state index contributed by atoms with van der Waals surface area (Å²) in [6.07, 6.45) is -4.02. The lowest BCUT2D eigenvalue weighted by atomic mass is 9.89. The molecule has 4 atom stereocenters. The second kappa shape index (κ2) is 11.1. The molecule has 2 aromatic carbocycles. The van der Waals surface area contributed by atoms with Crippen molar-refractivity contribution in [1.82, 2.24) is 0 Å². The van der Waals surface area contributed by atoms with E-state index >= 15 is 0 Å². The van der Waals surface area contributed by atoms with E-state index in [-0.39, 0.29) is 26.2 Å². The Labute approximate surface area is 171 Å². The molecule has 0 bridgehead atoms. The summed E-state index contributed by atoms with van der Waals surface area (Å²) in [5.74, 6) is 1.23. The highest BCUT2D eigenvalue weighted by atomic mass is 16.5. The Morgan fingerprint density at radius 3 is 2.14 bits per heavy atom. The highest BCUT2D eigenvalue weighted by molar-refractivity contribution is 5.31. The molecule has 0 fully saturated rings. The third kappa shape index (κ3) is 7.64. The Bertz CT molecular complexity index is 703. The number of aliphatic hydroxyl groups is 4. The van der Waals surface area contributed by atoms with Crippen molar-refractivity contribution in [2.75, 3.05) is 20.3 Å². The summed E-state index contributed by atoms with van der Waals surface area (Å²) in [4.78, 5) is 0. The van der Waals surface area contributed by atoms with Crippen LogP contribution in [0.4, 0.5) is 0 Å². The molecule has 4 N–H and O–H groups in total. The van der Waals surface area contributed by atoms with Gasteiger partial charge in [0, 0.05) is 6.42 Å². The molecule has 7 heteroatoms. The van der Waals surface area contributed by atoms with Gasteiger partial charge < -0.3 is 34.6 Å². The molecule has 0 saturated carbocycles. The lowest BCUT2D eigenvalue weighted by molar-refractivity contribution is -0.148. The van der Waals surface area contributed by atoms with Crippen molar-refractivity contribution in [3.05, 3.63) is 60.2 Å². The summed E-state index contributed by atoms with van der Waals surface area (Å²) in [6.45, 7) is 1.42. The van der Waals surface area contributed by atoms with Crippen LogP contribution in [0.2, 0.25) is 0 Å². The molecule has 0 spiro atoms. The quantitative estimate of drug-likeness (QED) is 0.423. The average molecular weight is 406 g/mol. The van der Waals surface area contributed by atoms with Gasteiger partial charge in [-0.25, -0.2) is 0 Å². The second-order valence-corrected chi connectivity index (χ2v) is 7.21. The molecule has 2 aromatic rings. The largest absolute Gasteiger partial charge is 0.497 e. The van der Waals surface area contributed by atoms with Crippen molar-refractivity contribution < 1.29 is 34.6 Å². The predicted molar refractivity (Wildman–Crippen MR) is 108 cm³/mol. The molecule has 0 heterocycles. The minimum atomic E-state index is -1.72. The third-order valence-corrected chi connectivity index (χ3v) is 4.55. The highest BCUT2D eigenvalue weighted by Crippen LogP contribution is 2.22. The summed E-state index contributed by atoms with van der Waals surface area (Å²) in [7, 11) is 1.56. The molecule has 0 aliphatic heterocycles. The Balaban J connectivity index is 1.76. The average Bonchev–Trinajstić information content (AvgIpc) is 2.72. The zero-order valence-electron chi connectivity index (χ0n) is 16.8. The zero-order valence-corrected chi connectivity index (χ0v) is 16.8. The van der Waals surface area contributed by atoms with Crippen LogP contribution in [0.5, 0.6) is 11.5 Å². The molecule has 0 unspecified atom stereocenters. The minimum Gasteiger partial charge on any atom is -0.497 e. The maximum Gasteiger partial charge on any atom is 0.119 e. The Morgan fingerprint density at radius 1 is 0.897 bits per heavy atom. The predicted octanol–water partition coefficient (Wildman–Crippen LogP) is 1.51. The Morgan fingerprint density at radius 2 is 1.52 bits per heavy atom. The molecule has 29 heavy (non-hydrogen) atoms. The standard InChI is InChI=1S/C22H30O7/c1-22(26,12-17(23)14-29-19-10-8-18(27-2)9-11-19)21(25)20(24)15-28-13-16-6-4-3-5-7-16/h3-11,17,20-21,23-26H,12-15H2,1-2H3/t17-,20-,21-,22+/m0/s1. The molecule has 0 saturated heterocycles. The number of benzene rings is 2. The number of aliphatic hydroxyl groups excluding tert-OH is 3. The first-order valence-electron chi connectivity index (χ1n) is 9.47. The zero-order chi connectivity index (χ0) is 21.3. The fourth-order valence-corrected chi connectivity index (χ4v) is 2.90. The molecule has 0 aliphatic carbocycles. The van der Waals surface area contributed by atoms with Gasteiger partial charge in [0.1, 0.15) is 30.3 Å². The van der Waals surface area contributed by atoms with Gasteiger partial charge in [-0.1, -0.05) is 30.3 Å². The number of hydrogen-bond acceptors (Lipinski definition) is 7. The van der Waals surface area contributed by atoms with Gasteiger partial charge in [0.2, 0.25) is 0 Å². The van der Waals surface area contributed by atoms with Crippen LogP contribution in [-0.4, -0.2) is 64.7 Å².